The molecule has 146 valence electrons. The van der Waals surface area contributed by atoms with Crippen molar-refractivity contribution in [2.24, 2.45) is 0 Å². The minimum absolute atomic E-state index is 0.0298. The normalized spacial score (nSPS) is 11.2. The molecule has 1 aromatic heterocycles. The smallest absolute Gasteiger partial charge is 0.311 e. The second-order valence-electron chi connectivity index (χ2n) is 6.06. The average Bonchev–Trinajstić information content (AvgIpc) is 3.04. The molecular weight excluding hydrogens is 396 g/mol. The minimum atomic E-state index is -3.77. The number of aryl methyl sites for hydroxylation is 1. The lowest BCUT2D eigenvalue weighted by molar-refractivity contribution is -0.142. The Morgan fingerprint density at radius 1 is 1.11 bits per heavy atom. The number of thiazole rings is 1. The minimum Gasteiger partial charge on any atom is -0.466 e. The number of hydrogen-bond donors (Lipinski definition) is 1. The van der Waals surface area contributed by atoms with Crippen LogP contribution in [0.2, 0.25) is 0 Å². The van der Waals surface area contributed by atoms with Crippen molar-refractivity contribution in [1.29, 1.82) is 0 Å². The van der Waals surface area contributed by atoms with Crippen molar-refractivity contribution in [3.8, 4) is 11.3 Å². The van der Waals surface area contributed by atoms with Gasteiger partial charge in [-0.05, 0) is 26.0 Å². The van der Waals surface area contributed by atoms with E-state index in [0.717, 1.165) is 22.5 Å². The molecule has 0 bridgehead atoms. The van der Waals surface area contributed by atoms with Crippen LogP contribution in [0.1, 0.15) is 17.4 Å². The van der Waals surface area contributed by atoms with E-state index < -0.39 is 10.0 Å². The predicted octanol–water partition coefficient (Wildman–Crippen LogP) is 4.02. The number of benzene rings is 2. The molecule has 0 saturated heterocycles. The van der Waals surface area contributed by atoms with Gasteiger partial charge in [-0.3, -0.25) is 9.52 Å². The Bertz CT molecular complexity index is 1060. The van der Waals surface area contributed by atoms with Crippen LogP contribution >= 0.6 is 11.3 Å². The Kier molecular flexibility index (Phi) is 6.11. The Morgan fingerprint density at radius 3 is 2.43 bits per heavy atom. The lowest BCUT2D eigenvalue weighted by atomic mass is 10.1. The van der Waals surface area contributed by atoms with Crippen molar-refractivity contribution < 1.29 is 17.9 Å². The van der Waals surface area contributed by atoms with Crippen LogP contribution in [0.25, 0.3) is 11.3 Å². The van der Waals surface area contributed by atoms with Crippen LogP contribution in [0.3, 0.4) is 0 Å². The fourth-order valence-electron chi connectivity index (χ4n) is 2.57. The summed E-state index contributed by atoms with van der Waals surface area (Å²) in [5.74, 6) is -0.378. The molecule has 0 atom stereocenters. The van der Waals surface area contributed by atoms with Crippen LogP contribution in [0, 0.1) is 6.92 Å². The van der Waals surface area contributed by atoms with Gasteiger partial charge in [0.2, 0.25) is 0 Å². The van der Waals surface area contributed by atoms with Crippen LogP contribution in [-0.4, -0.2) is 26.0 Å². The number of nitrogens with one attached hydrogen (secondary N) is 1. The summed E-state index contributed by atoms with van der Waals surface area (Å²) in [6.45, 7) is 3.91. The molecule has 0 radical (unpaired) electrons. The number of aromatic nitrogens is 1. The van der Waals surface area contributed by atoms with Crippen molar-refractivity contribution in [3.05, 3.63) is 65.0 Å². The van der Waals surface area contributed by atoms with E-state index in [1.54, 1.807) is 31.2 Å². The molecule has 3 aromatic rings. The van der Waals surface area contributed by atoms with Gasteiger partial charge >= 0.3 is 5.97 Å². The molecule has 1 N–H and O–H groups in total. The summed E-state index contributed by atoms with van der Waals surface area (Å²) < 4.78 is 32.9. The number of hydrogen-bond acceptors (Lipinski definition) is 6. The topological polar surface area (TPSA) is 85.4 Å². The summed E-state index contributed by atoms with van der Waals surface area (Å²) in [7, 11) is -3.77. The molecule has 0 amide bonds. The first-order valence-electron chi connectivity index (χ1n) is 8.69. The molecule has 0 saturated carbocycles. The summed E-state index contributed by atoms with van der Waals surface area (Å²) in [4.78, 5) is 17.2. The summed E-state index contributed by atoms with van der Waals surface area (Å²) in [6, 6.07) is 15.9. The number of nitrogens with zero attached hydrogens (tertiary/aromatic N) is 1. The van der Waals surface area contributed by atoms with Gasteiger partial charge in [0.05, 0.1) is 23.6 Å². The quantitative estimate of drug-likeness (QED) is 0.588. The van der Waals surface area contributed by atoms with E-state index in [0.29, 0.717) is 10.6 Å². The second kappa shape index (κ2) is 8.53. The van der Waals surface area contributed by atoms with Crippen LogP contribution in [0.15, 0.2) is 59.5 Å². The standard InChI is InChI=1S/C20H20N2O4S2/c1-3-26-18(23)13-17-19(15-7-5-4-6-8-15)21-20(27-17)22-28(24,25)16-11-9-14(2)10-12-16/h4-12H,3,13H2,1-2H3,(H,21,22). The number of carbonyl (C=O) groups is 1. The maximum Gasteiger partial charge on any atom is 0.311 e. The highest BCUT2D eigenvalue weighted by molar-refractivity contribution is 7.93. The number of ether oxygens (including phenoxy) is 1. The number of carbonyl (C=O) groups excluding carboxylic acids is 1. The zero-order valence-corrected chi connectivity index (χ0v) is 17.1. The number of sulfonamides is 1. The molecule has 0 aliphatic rings. The third kappa shape index (κ3) is 4.76. The van der Waals surface area contributed by atoms with E-state index in [-0.39, 0.29) is 29.0 Å². The highest BCUT2D eigenvalue weighted by Gasteiger charge is 2.21. The first-order chi connectivity index (χ1) is 13.4. The highest BCUT2D eigenvalue weighted by atomic mass is 32.2. The Hall–Kier alpha value is -2.71. The monoisotopic (exact) mass is 416 g/mol. The van der Waals surface area contributed by atoms with Crippen LogP contribution in [0.5, 0.6) is 0 Å². The number of anilines is 1. The molecular formula is C20H20N2O4S2. The molecule has 6 nitrogen and oxygen atoms in total. The van der Waals surface area contributed by atoms with Gasteiger partial charge < -0.3 is 4.74 Å². The molecule has 0 aliphatic heterocycles. The van der Waals surface area contributed by atoms with Crippen molar-refractivity contribution in [2.75, 3.05) is 11.3 Å². The number of rotatable bonds is 7. The van der Waals surface area contributed by atoms with Crippen LogP contribution in [-0.2, 0) is 26.0 Å². The molecule has 8 heteroatoms. The molecule has 0 aliphatic carbocycles. The third-order valence-corrected chi connectivity index (χ3v) is 6.36. The zero-order valence-electron chi connectivity index (χ0n) is 15.5. The van der Waals surface area contributed by atoms with Gasteiger partial charge in [-0.1, -0.05) is 59.4 Å². The van der Waals surface area contributed by atoms with Crippen molar-refractivity contribution in [2.45, 2.75) is 25.2 Å². The maximum atomic E-state index is 12.7. The molecule has 0 unspecified atom stereocenters. The highest BCUT2D eigenvalue weighted by Crippen LogP contribution is 2.33. The van der Waals surface area contributed by atoms with E-state index in [4.69, 9.17) is 4.74 Å². The van der Waals surface area contributed by atoms with E-state index in [1.165, 1.54) is 0 Å². The lowest BCUT2D eigenvalue weighted by Crippen LogP contribution is -2.12. The van der Waals surface area contributed by atoms with Crippen LogP contribution < -0.4 is 4.72 Å². The third-order valence-electron chi connectivity index (χ3n) is 3.91. The molecule has 3 rings (SSSR count). The van der Waals surface area contributed by atoms with Crippen LogP contribution in [0.4, 0.5) is 5.13 Å². The first kappa shape index (κ1) is 20.0. The van der Waals surface area contributed by atoms with Gasteiger partial charge in [-0.25, -0.2) is 13.4 Å². The van der Waals surface area contributed by atoms with Crippen molar-refractivity contribution in [3.63, 3.8) is 0 Å². The Morgan fingerprint density at radius 2 is 1.79 bits per heavy atom. The SMILES string of the molecule is CCOC(=O)Cc1sc(NS(=O)(=O)c2ccc(C)cc2)nc1-c1ccccc1. The summed E-state index contributed by atoms with van der Waals surface area (Å²) in [6.07, 6.45) is 0.0298. The van der Waals surface area contributed by atoms with Gasteiger partial charge in [0.1, 0.15) is 0 Å². The fourth-order valence-corrected chi connectivity index (χ4v) is 4.78. The summed E-state index contributed by atoms with van der Waals surface area (Å²) >= 11 is 1.13. The maximum absolute atomic E-state index is 12.7. The van der Waals surface area contributed by atoms with Gasteiger partial charge in [0.15, 0.2) is 5.13 Å². The predicted molar refractivity (Wildman–Crippen MR) is 110 cm³/mol. The Labute approximate surface area is 168 Å². The van der Waals surface area contributed by atoms with Crippen molar-refractivity contribution in [1.82, 2.24) is 4.98 Å². The summed E-state index contributed by atoms with van der Waals surface area (Å²) in [5.41, 5.74) is 2.34. The molecule has 1 heterocycles. The lowest BCUT2D eigenvalue weighted by Gasteiger charge is -2.05. The largest absolute Gasteiger partial charge is 0.466 e. The van der Waals surface area contributed by atoms with E-state index in [9.17, 15) is 13.2 Å². The van der Waals surface area contributed by atoms with E-state index >= 15 is 0 Å². The second-order valence-corrected chi connectivity index (χ2v) is 8.82. The van der Waals surface area contributed by atoms with Gasteiger partial charge in [0, 0.05) is 10.4 Å². The molecule has 2 aromatic carbocycles. The molecule has 0 spiro atoms. The first-order valence-corrected chi connectivity index (χ1v) is 11.0. The van der Waals surface area contributed by atoms with Gasteiger partial charge in [-0.15, -0.1) is 0 Å². The summed E-state index contributed by atoms with van der Waals surface area (Å²) in [5, 5.41) is 0.207. The average molecular weight is 417 g/mol. The molecule has 0 fully saturated rings. The molecule has 28 heavy (non-hydrogen) atoms. The van der Waals surface area contributed by atoms with Gasteiger partial charge in [0.25, 0.3) is 10.0 Å². The number of esters is 1. The van der Waals surface area contributed by atoms with Gasteiger partial charge in [-0.2, -0.15) is 0 Å². The zero-order chi connectivity index (χ0) is 20.1. The van der Waals surface area contributed by atoms with E-state index in [1.807, 2.05) is 37.3 Å². The van der Waals surface area contributed by atoms with E-state index in [2.05, 4.69) is 9.71 Å². The Balaban J connectivity index is 1.94. The van der Waals surface area contributed by atoms with Crippen molar-refractivity contribution >= 4 is 32.5 Å². The fraction of sp³-hybridized carbons (Fsp3) is 0.200.